The van der Waals surface area contributed by atoms with E-state index in [1.54, 1.807) is 12.1 Å². The highest BCUT2D eigenvalue weighted by Gasteiger charge is 2.39. The summed E-state index contributed by atoms with van der Waals surface area (Å²) < 4.78 is 1.43. The number of benzene rings is 1. The number of hydroxylamine groups is 2. The van der Waals surface area contributed by atoms with Gasteiger partial charge in [0.1, 0.15) is 11.9 Å². The molecule has 3 heterocycles. The quantitative estimate of drug-likeness (QED) is 0.660. The van der Waals surface area contributed by atoms with Crippen molar-refractivity contribution >= 4 is 23.6 Å². The fourth-order valence-electron chi connectivity index (χ4n) is 2.89. The molecule has 0 radical (unpaired) electrons. The highest BCUT2D eigenvalue weighted by atomic mass is 16.7. The fourth-order valence-corrected chi connectivity index (χ4v) is 2.89. The Morgan fingerprint density at radius 2 is 1.73 bits per heavy atom. The van der Waals surface area contributed by atoms with E-state index in [1.807, 2.05) is 13.8 Å². The third kappa shape index (κ3) is 2.25. The van der Waals surface area contributed by atoms with E-state index in [1.165, 1.54) is 29.2 Å². The minimum absolute atomic E-state index is 0.105. The average molecular weight is 351 g/mol. The molecule has 2 amide bonds. The van der Waals surface area contributed by atoms with Crippen molar-refractivity contribution in [3.05, 3.63) is 59.2 Å². The first-order valence-corrected chi connectivity index (χ1v) is 7.87. The third-order valence-electron chi connectivity index (χ3n) is 4.04. The second-order valence-corrected chi connectivity index (χ2v) is 6.01. The molecule has 3 aromatic rings. The van der Waals surface area contributed by atoms with E-state index in [4.69, 9.17) is 4.84 Å². The van der Waals surface area contributed by atoms with E-state index in [-0.39, 0.29) is 22.6 Å². The van der Waals surface area contributed by atoms with Crippen molar-refractivity contribution in [1.29, 1.82) is 0 Å². The van der Waals surface area contributed by atoms with Crippen molar-refractivity contribution in [3.63, 3.8) is 0 Å². The molecule has 0 N–H and O–H groups in total. The van der Waals surface area contributed by atoms with Crippen molar-refractivity contribution in [2.45, 2.75) is 19.8 Å². The number of nitrogens with zero attached hydrogens (tertiary/aromatic N) is 5. The van der Waals surface area contributed by atoms with Gasteiger partial charge in [0, 0.05) is 6.20 Å². The predicted octanol–water partition coefficient (Wildman–Crippen LogP) is 1.62. The van der Waals surface area contributed by atoms with Crippen LogP contribution in [0.2, 0.25) is 0 Å². The van der Waals surface area contributed by atoms with Crippen molar-refractivity contribution in [3.8, 4) is 0 Å². The molecule has 1 aromatic carbocycles. The molecule has 0 fully saturated rings. The molecule has 2 aromatic heterocycles. The normalized spacial score (nSPS) is 13.6. The molecule has 26 heavy (non-hydrogen) atoms. The van der Waals surface area contributed by atoms with Gasteiger partial charge in [-0.1, -0.05) is 31.0 Å². The van der Waals surface area contributed by atoms with Gasteiger partial charge >= 0.3 is 5.97 Å². The summed E-state index contributed by atoms with van der Waals surface area (Å²) in [5, 5.41) is 4.54. The smallest absolute Gasteiger partial charge is 0.324 e. The number of aromatic nitrogens is 4. The maximum atomic E-state index is 12.7. The first kappa shape index (κ1) is 15.9. The van der Waals surface area contributed by atoms with Gasteiger partial charge in [0.25, 0.3) is 17.6 Å². The van der Waals surface area contributed by atoms with Crippen LogP contribution >= 0.6 is 0 Å². The zero-order valence-corrected chi connectivity index (χ0v) is 13.9. The molecule has 1 aliphatic heterocycles. The van der Waals surface area contributed by atoms with Gasteiger partial charge < -0.3 is 4.84 Å². The van der Waals surface area contributed by atoms with Gasteiger partial charge in [-0.25, -0.2) is 14.3 Å². The second kappa shape index (κ2) is 5.73. The number of hydrogen-bond donors (Lipinski definition) is 0. The third-order valence-corrected chi connectivity index (χ3v) is 4.04. The minimum Gasteiger partial charge on any atom is -0.324 e. The predicted molar refractivity (Wildman–Crippen MR) is 87.2 cm³/mol. The fraction of sp³-hybridized carbons (Fsp3) is 0.176. The topological polar surface area (TPSA) is 107 Å². The zero-order chi connectivity index (χ0) is 18.4. The molecular weight excluding hydrogens is 338 g/mol. The number of carbonyl (C=O) groups excluding carboxylic acids is 3. The maximum Gasteiger partial charge on any atom is 0.367 e. The highest BCUT2D eigenvalue weighted by Crippen LogP contribution is 2.25. The first-order valence-electron chi connectivity index (χ1n) is 7.87. The van der Waals surface area contributed by atoms with Gasteiger partial charge in [0.05, 0.1) is 16.8 Å². The van der Waals surface area contributed by atoms with Gasteiger partial charge in [-0.15, -0.1) is 0 Å². The summed E-state index contributed by atoms with van der Waals surface area (Å²) in [5.74, 6) is -1.99. The summed E-state index contributed by atoms with van der Waals surface area (Å²) >= 11 is 0. The molecule has 130 valence electrons. The van der Waals surface area contributed by atoms with Crippen molar-refractivity contribution in [1.82, 2.24) is 24.6 Å². The summed E-state index contributed by atoms with van der Waals surface area (Å²) in [7, 11) is 0. The van der Waals surface area contributed by atoms with Crippen LogP contribution in [0.25, 0.3) is 5.78 Å². The number of imide groups is 1. The Labute approximate surface area is 147 Å². The van der Waals surface area contributed by atoms with Crippen LogP contribution in [0.1, 0.15) is 56.5 Å². The zero-order valence-electron chi connectivity index (χ0n) is 13.9. The summed E-state index contributed by atoms with van der Waals surface area (Å²) in [6.07, 6.45) is 2.63. The monoisotopic (exact) mass is 351 g/mol. The van der Waals surface area contributed by atoms with Gasteiger partial charge in [-0.3, -0.25) is 9.59 Å². The molecule has 9 heteroatoms. The number of hydrogen-bond acceptors (Lipinski definition) is 7. The molecule has 4 rings (SSSR count). The lowest BCUT2D eigenvalue weighted by atomic mass is 10.1. The van der Waals surface area contributed by atoms with E-state index < -0.39 is 17.8 Å². The average Bonchev–Trinajstić information content (AvgIpc) is 3.20. The van der Waals surface area contributed by atoms with Crippen LogP contribution in [-0.2, 0) is 4.84 Å². The molecule has 0 saturated heterocycles. The summed E-state index contributed by atoms with van der Waals surface area (Å²) in [6.45, 7) is 3.74. The van der Waals surface area contributed by atoms with Crippen LogP contribution in [0.3, 0.4) is 0 Å². The van der Waals surface area contributed by atoms with Gasteiger partial charge in [0.2, 0.25) is 0 Å². The molecule has 0 spiro atoms. The standard InChI is InChI=1S/C17H13N5O4/c1-9(2)13-12(7-18-17-19-8-20-21(13)17)16(25)26-22-14(23)10-5-3-4-6-11(10)15(22)24/h3-9H,1-2H3. The SMILES string of the molecule is CC(C)c1c(C(=O)ON2C(=O)c3ccccc3C2=O)cnc2ncnn12. The van der Waals surface area contributed by atoms with E-state index in [0.29, 0.717) is 16.5 Å². The van der Waals surface area contributed by atoms with E-state index in [0.717, 1.165) is 0 Å². The highest BCUT2D eigenvalue weighted by molar-refractivity contribution is 6.21. The Balaban J connectivity index is 1.70. The molecular formula is C17H13N5O4. The van der Waals surface area contributed by atoms with E-state index in [2.05, 4.69) is 15.1 Å². The Bertz CT molecular complexity index is 1040. The Morgan fingerprint density at radius 3 is 2.35 bits per heavy atom. The number of carbonyl (C=O) groups is 3. The molecule has 9 nitrogen and oxygen atoms in total. The van der Waals surface area contributed by atoms with Crippen LogP contribution in [-0.4, -0.2) is 42.4 Å². The largest absolute Gasteiger partial charge is 0.367 e. The van der Waals surface area contributed by atoms with Gasteiger partial charge in [-0.2, -0.15) is 10.1 Å². The Kier molecular flexibility index (Phi) is 3.50. The number of amides is 2. The van der Waals surface area contributed by atoms with Gasteiger partial charge in [0.15, 0.2) is 0 Å². The molecule has 0 saturated carbocycles. The summed E-state index contributed by atoms with van der Waals surface area (Å²) in [4.78, 5) is 50.5. The molecule has 0 unspecified atom stereocenters. The molecule has 0 aliphatic carbocycles. The summed E-state index contributed by atoms with van der Waals surface area (Å²) in [5.41, 5.74) is 1.02. The lowest BCUT2D eigenvalue weighted by Gasteiger charge is -2.16. The van der Waals surface area contributed by atoms with Crippen LogP contribution in [0, 0.1) is 0 Å². The lowest BCUT2D eigenvalue weighted by molar-refractivity contribution is -0.0586. The van der Waals surface area contributed by atoms with Crippen LogP contribution in [0.5, 0.6) is 0 Å². The number of fused-ring (bicyclic) bond motifs is 2. The van der Waals surface area contributed by atoms with Gasteiger partial charge in [-0.05, 0) is 18.1 Å². The molecule has 0 atom stereocenters. The Morgan fingerprint density at radius 1 is 1.08 bits per heavy atom. The summed E-state index contributed by atoms with van der Waals surface area (Å²) in [6, 6.07) is 6.28. The molecule has 0 bridgehead atoms. The minimum atomic E-state index is -0.867. The van der Waals surface area contributed by atoms with Crippen LogP contribution in [0.15, 0.2) is 36.8 Å². The van der Waals surface area contributed by atoms with E-state index >= 15 is 0 Å². The Hall–Kier alpha value is -3.62. The second-order valence-electron chi connectivity index (χ2n) is 6.01. The first-order chi connectivity index (χ1) is 12.5. The van der Waals surface area contributed by atoms with Crippen LogP contribution < -0.4 is 0 Å². The lowest BCUT2D eigenvalue weighted by Crippen LogP contribution is -2.33. The van der Waals surface area contributed by atoms with Crippen molar-refractivity contribution in [2.24, 2.45) is 0 Å². The molecule has 1 aliphatic rings. The number of rotatable bonds is 3. The van der Waals surface area contributed by atoms with E-state index in [9.17, 15) is 14.4 Å². The maximum absolute atomic E-state index is 12.7. The van der Waals surface area contributed by atoms with Crippen LogP contribution in [0.4, 0.5) is 0 Å². The van der Waals surface area contributed by atoms with Crippen molar-refractivity contribution in [2.75, 3.05) is 0 Å². The van der Waals surface area contributed by atoms with Crippen molar-refractivity contribution < 1.29 is 19.2 Å².